The lowest BCUT2D eigenvalue weighted by atomic mass is 10.1. The van der Waals surface area contributed by atoms with Crippen LogP contribution in [0.2, 0.25) is 0 Å². The molecule has 3 aromatic rings. The van der Waals surface area contributed by atoms with Crippen LogP contribution in [0, 0.1) is 0 Å². The Hall–Kier alpha value is -3.87. The summed E-state index contributed by atoms with van der Waals surface area (Å²) >= 11 is 0. The first-order valence-corrected chi connectivity index (χ1v) is 8.70. The van der Waals surface area contributed by atoms with E-state index in [1.165, 1.54) is 17.0 Å². The van der Waals surface area contributed by atoms with Gasteiger partial charge in [0.15, 0.2) is 0 Å². The van der Waals surface area contributed by atoms with Crippen molar-refractivity contribution in [3.63, 3.8) is 0 Å². The summed E-state index contributed by atoms with van der Waals surface area (Å²) in [6, 6.07) is 11.7. The Kier molecular flexibility index (Phi) is 4.63. The number of pyridine rings is 2. The molecule has 1 aliphatic rings. The molecule has 0 saturated heterocycles. The molecule has 1 N–H and O–H groups in total. The second-order valence-electron chi connectivity index (χ2n) is 6.36. The SMILES string of the molecule is O=C(NCc1cccnc1)c1ccc2c(c1)C(=O)N(Cc1cccnc1)C2=O. The minimum Gasteiger partial charge on any atom is -0.348 e. The quantitative estimate of drug-likeness (QED) is 0.693. The van der Waals surface area contributed by atoms with Crippen molar-refractivity contribution in [2.24, 2.45) is 0 Å². The summed E-state index contributed by atoms with van der Waals surface area (Å²) in [6.45, 7) is 0.465. The third-order valence-electron chi connectivity index (χ3n) is 4.47. The summed E-state index contributed by atoms with van der Waals surface area (Å²) in [6.07, 6.45) is 6.57. The lowest BCUT2D eigenvalue weighted by Crippen LogP contribution is -2.29. The van der Waals surface area contributed by atoms with Crippen LogP contribution in [0.15, 0.2) is 67.3 Å². The Morgan fingerprint density at radius 2 is 1.57 bits per heavy atom. The number of fused-ring (bicyclic) bond motifs is 1. The fourth-order valence-corrected chi connectivity index (χ4v) is 3.04. The number of carbonyl (C=O) groups is 3. The molecule has 0 saturated carbocycles. The second kappa shape index (κ2) is 7.40. The maximum atomic E-state index is 12.7. The fraction of sp³-hybridized carbons (Fsp3) is 0.0952. The Morgan fingerprint density at radius 3 is 2.25 bits per heavy atom. The van der Waals surface area contributed by atoms with Crippen molar-refractivity contribution in [2.45, 2.75) is 13.1 Å². The highest BCUT2D eigenvalue weighted by molar-refractivity contribution is 6.22. The van der Waals surface area contributed by atoms with Gasteiger partial charge in [0.25, 0.3) is 17.7 Å². The van der Waals surface area contributed by atoms with Crippen molar-refractivity contribution in [2.75, 3.05) is 0 Å². The zero-order chi connectivity index (χ0) is 19.5. The monoisotopic (exact) mass is 372 g/mol. The van der Waals surface area contributed by atoms with Gasteiger partial charge in [-0.05, 0) is 41.5 Å². The number of nitrogens with zero attached hydrogens (tertiary/aromatic N) is 3. The molecule has 0 spiro atoms. The molecule has 28 heavy (non-hydrogen) atoms. The van der Waals surface area contributed by atoms with Gasteiger partial charge in [0.2, 0.25) is 0 Å². The summed E-state index contributed by atoms with van der Waals surface area (Å²) < 4.78 is 0. The predicted octanol–water partition coefficient (Wildman–Crippen LogP) is 2.20. The van der Waals surface area contributed by atoms with Crippen LogP contribution >= 0.6 is 0 Å². The normalized spacial score (nSPS) is 12.8. The Balaban J connectivity index is 1.51. The van der Waals surface area contributed by atoms with Crippen LogP contribution in [-0.4, -0.2) is 32.6 Å². The van der Waals surface area contributed by atoms with Crippen LogP contribution in [0.5, 0.6) is 0 Å². The molecule has 0 fully saturated rings. The molecule has 7 nitrogen and oxygen atoms in total. The van der Waals surface area contributed by atoms with E-state index in [-0.39, 0.29) is 23.9 Å². The van der Waals surface area contributed by atoms with Gasteiger partial charge in [-0.25, -0.2) is 0 Å². The van der Waals surface area contributed by atoms with Crippen molar-refractivity contribution >= 4 is 17.7 Å². The van der Waals surface area contributed by atoms with Gasteiger partial charge in [-0.1, -0.05) is 12.1 Å². The molecular weight excluding hydrogens is 356 g/mol. The maximum absolute atomic E-state index is 12.7. The maximum Gasteiger partial charge on any atom is 0.261 e. The second-order valence-corrected chi connectivity index (χ2v) is 6.36. The van der Waals surface area contributed by atoms with E-state index in [0.29, 0.717) is 17.7 Å². The van der Waals surface area contributed by atoms with Gasteiger partial charge < -0.3 is 5.32 Å². The summed E-state index contributed by atoms with van der Waals surface area (Å²) in [5, 5.41) is 2.79. The van der Waals surface area contributed by atoms with E-state index in [1.54, 1.807) is 49.1 Å². The number of hydrogen-bond donors (Lipinski definition) is 1. The Morgan fingerprint density at radius 1 is 0.893 bits per heavy atom. The van der Waals surface area contributed by atoms with Crippen LogP contribution in [0.25, 0.3) is 0 Å². The van der Waals surface area contributed by atoms with Crippen LogP contribution in [0.1, 0.15) is 42.2 Å². The number of aromatic nitrogens is 2. The van der Waals surface area contributed by atoms with Crippen LogP contribution in [0.4, 0.5) is 0 Å². The Bertz CT molecular complexity index is 1050. The summed E-state index contributed by atoms with van der Waals surface area (Å²) in [7, 11) is 0. The van der Waals surface area contributed by atoms with Crippen LogP contribution < -0.4 is 5.32 Å². The van der Waals surface area contributed by atoms with Crippen molar-refractivity contribution in [3.8, 4) is 0 Å². The summed E-state index contributed by atoms with van der Waals surface area (Å²) in [5.74, 6) is -1.10. The molecule has 0 radical (unpaired) electrons. The summed E-state index contributed by atoms with van der Waals surface area (Å²) in [4.78, 5) is 46.9. The largest absolute Gasteiger partial charge is 0.348 e. The van der Waals surface area contributed by atoms with Gasteiger partial charge in [-0.15, -0.1) is 0 Å². The smallest absolute Gasteiger partial charge is 0.261 e. The fourth-order valence-electron chi connectivity index (χ4n) is 3.04. The molecule has 1 aliphatic heterocycles. The van der Waals surface area contributed by atoms with Crippen molar-refractivity contribution in [3.05, 3.63) is 95.1 Å². The molecular formula is C21H16N4O3. The molecule has 4 rings (SSSR count). The lowest BCUT2D eigenvalue weighted by Gasteiger charge is -2.13. The number of carbonyl (C=O) groups excluding carboxylic acids is 3. The molecule has 0 atom stereocenters. The molecule has 1 aromatic carbocycles. The van der Waals surface area contributed by atoms with E-state index in [0.717, 1.165) is 11.1 Å². The lowest BCUT2D eigenvalue weighted by molar-refractivity contribution is 0.0642. The number of hydrogen-bond acceptors (Lipinski definition) is 5. The van der Waals surface area contributed by atoms with E-state index in [2.05, 4.69) is 15.3 Å². The molecule has 3 heterocycles. The average molecular weight is 372 g/mol. The van der Waals surface area contributed by atoms with Gasteiger partial charge in [-0.3, -0.25) is 29.3 Å². The number of imide groups is 1. The zero-order valence-electron chi connectivity index (χ0n) is 14.8. The number of benzene rings is 1. The number of rotatable bonds is 5. The molecule has 0 unspecified atom stereocenters. The average Bonchev–Trinajstić information content (AvgIpc) is 2.98. The molecule has 138 valence electrons. The number of amides is 3. The van der Waals surface area contributed by atoms with E-state index in [9.17, 15) is 14.4 Å². The standard InChI is InChI=1S/C21H16N4O3/c26-19(24-12-14-3-1-7-22-10-14)16-5-6-17-18(9-16)21(28)25(20(17)27)13-15-4-2-8-23-11-15/h1-11H,12-13H2,(H,24,26). The third kappa shape index (κ3) is 3.37. The van der Waals surface area contributed by atoms with E-state index < -0.39 is 5.91 Å². The first-order chi connectivity index (χ1) is 13.6. The Labute approximate surface area is 161 Å². The van der Waals surface area contributed by atoms with Crippen molar-refractivity contribution in [1.82, 2.24) is 20.2 Å². The van der Waals surface area contributed by atoms with E-state index in [1.807, 2.05) is 6.07 Å². The van der Waals surface area contributed by atoms with Gasteiger partial charge in [0.1, 0.15) is 0 Å². The number of nitrogens with one attached hydrogen (secondary N) is 1. The molecule has 3 amide bonds. The highest BCUT2D eigenvalue weighted by Gasteiger charge is 2.36. The van der Waals surface area contributed by atoms with Crippen molar-refractivity contribution in [1.29, 1.82) is 0 Å². The van der Waals surface area contributed by atoms with Crippen molar-refractivity contribution < 1.29 is 14.4 Å². The van der Waals surface area contributed by atoms with E-state index in [4.69, 9.17) is 0 Å². The van der Waals surface area contributed by atoms with Gasteiger partial charge >= 0.3 is 0 Å². The van der Waals surface area contributed by atoms with Gasteiger partial charge in [-0.2, -0.15) is 0 Å². The third-order valence-corrected chi connectivity index (χ3v) is 4.47. The molecule has 0 bridgehead atoms. The van der Waals surface area contributed by atoms with Gasteiger partial charge in [0.05, 0.1) is 17.7 Å². The minimum absolute atomic E-state index is 0.142. The molecule has 0 aliphatic carbocycles. The first kappa shape index (κ1) is 17.5. The van der Waals surface area contributed by atoms with Crippen LogP contribution in [-0.2, 0) is 13.1 Å². The molecule has 7 heteroatoms. The zero-order valence-corrected chi connectivity index (χ0v) is 14.8. The molecule has 2 aromatic heterocycles. The van der Waals surface area contributed by atoms with Gasteiger partial charge in [0, 0.05) is 36.9 Å². The van der Waals surface area contributed by atoms with E-state index >= 15 is 0 Å². The minimum atomic E-state index is -0.411. The topological polar surface area (TPSA) is 92.3 Å². The van der Waals surface area contributed by atoms with Crippen LogP contribution in [0.3, 0.4) is 0 Å². The highest BCUT2D eigenvalue weighted by Crippen LogP contribution is 2.25. The first-order valence-electron chi connectivity index (χ1n) is 8.70. The predicted molar refractivity (Wildman–Crippen MR) is 100 cm³/mol. The highest BCUT2D eigenvalue weighted by atomic mass is 16.2. The summed E-state index contributed by atoms with van der Waals surface area (Å²) in [5.41, 5.74) is 2.49.